The molecule has 0 aliphatic carbocycles. The maximum absolute atomic E-state index is 10.4. The molecule has 1 atom stereocenters. The maximum Gasteiger partial charge on any atom is 0.126 e. The van der Waals surface area contributed by atoms with E-state index < -0.39 is 0 Å². The fourth-order valence-corrected chi connectivity index (χ4v) is 2.58. The summed E-state index contributed by atoms with van der Waals surface area (Å²) in [6.07, 6.45) is 2.46. The lowest BCUT2D eigenvalue weighted by molar-refractivity contribution is -0.107. The van der Waals surface area contributed by atoms with Crippen molar-refractivity contribution in [3.63, 3.8) is 0 Å². The van der Waals surface area contributed by atoms with Crippen LogP contribution in [0.1, 0.15) is 36.8 Å². The molecular formula is C15H17NOS. The second kappa shape index (κ2) is 5.91. The largest absolute Gasteiger partial charge is 0.303 e. The molecule has 1 heterocycles. The SMILES string of the molecule is CCC(C)c1ccc(-c2csc(CC=O)n2)cc1. The molecule has 0 amide bonds. The van der Waals surface area contributed by atoms with E-state index in [0.29, 0.717) is 12.3 Å². The standard InChI is InChI=1S/C15H17NOS/c1-3-11(2)12-4-6-13(7-5-12)14-10-18-15(16-14)8-9-17/h4-7,9-11H,3,8H2,1-2H3. The number of rotatable bonds is 5. The molecule has 94 valence electrons. The molecule has 2 aromatic rings. The Bertz CT molecular complexity index is 516. The van der Waals surface area contributed by atoms with Gasteiger partial charge in [0, 0.05) is 10.9 Å². The van der Waals surface area contributed by atoms with Gasteiger partial charge in [0.1, 0.15) is 11.3 Å². The summed E-state index contributed by atoms with van der Waals surface area (Å²) in [5, 5.41) is 2.89. The zero-order valence-electron chi connectivity index (χ0n) is 10.7. The van der Waals surface area contributed by atoms with Gasteiger partial charge in [-0.25, -0.2) is 4.98 Å². The van der Waals surface area contributed by atoms with Crippen molar-refractivity contribution >= 4 is 17.6 Å². The first-order chi connectivity index (χ1) is 8.74. The van der Waals surface area contributed by atoms with Gasteiger partial charge in [0.15, 0.2) is 0 Å². The van der Waals surface area contributed by atoms with Crippen LogP contribution in [0.5, 0.6) is 0 Å². The van der Waals surface area contributed by atoms with E-state index in [2.05, 4.69) is 43.1 Å². The molecule has 1 unspecified atom stereocenters. The highest BCUT2D eigenvalue weighted by Gasteiger charge is 2.06. The second-order valence-electron chi connectivity index (χ2n) is 4.43. The predicted octanol–water partition coefficient (Wildman–Crippen LogP) is 4.07. The summed E-state index contributed by atoms with van der Waals surface area (Å²) in [6, 6.07) is 8.56. The number of thiazole rings is 1. The third kappa shape index (κ3) is 2.85. The number of carbonyl (C=O) groups excluding carboxylic acids is 1. The van der Waals surface area contributed by atoms with E-state index in [4.69, 9.17) is 0 Å². The average Bonchev–Trinajstić information content (AvgIpc) is 2.87. The lowest BCUT2D eigenvalue weighted by Crippen LogP contribution is -1.91. The van der Waals surface area contributed by atoms with Gasteiger partial charge in [-0.3, -0.25) is 0 Å². The highest BCUT2D eigenvalue weighted by molar-refractivity contribution is 7.10. The van der Waals surface area contributed by atoms with Crippen LogP contribution in [0.25, 0.3) is 11.3 Å². The number of nitrogens with zero attached hydrogens (tertiary/aromatic N) is 1. The first-order valence-corrected chi connectivity index (χ1v) is 7.11. The molecule has 0 spiro atoms. The van der Waals surface area contributed by atoms with Crippen molar-refractivity contribution in [2.75, 3.05) is 0 Å². The molecule has 0 aliphatic rings. The minimum absolute atomic E-state index is 0.412. The molecule has 0 fully saturated rings. The van der Waals surface area contributed by atoms with Crippen LogP contribution in [0.3, 0.4) is 0 Å². The predicted molar refractivity (Wildman–Crippen MR) is 76.0 cm³/mol. The first-order valence-electron chi connectivity index (χ1n) is 6.23. The van der Waals surface area contributed by atoms with Gasteiger partial charge in [0.25, 0.3) is 0 Å². The quantitative estimate of drug-likeness (QED) is 0.758. The molecule has 0 N–H and O–H groups in total. The number of hydrogen-bond donors (Lipinski definition) is 0. The molecular weight excluding hydrogens is 242 g/mol. The summed E-state index contributed by atoms with van der Waals surface area (Å²) in [4.78, 5) is 14.9. The minimum Gasteiger partial charge on any atom is -0.303 e. The molecule has 0 radical (unpaired) electrons. The van der Waals surface area contributed by atoms with Gasteiger partial charge in [-0.2, -0.15) is 0 Å². The molecule has 0 aliphatic heterocycles. The average molecular weight is 259 g/mol. The van der Waals surface area contributed by atoms with Crippen LogP contribution in [0.4, 0.5) is 0 Å². The van der Waals surface area contributed by atoms with Crippen molar-refractivity contribution in [1.82, 2.24) is 4.98 Å². The van der Waals surface area contributed by atoms with Crippen molar-refractivity contribution in [1.29, 1.82) is 0 Å². The van der Waals surface area contributed by atoms with E-state index in [9.17, 15) is 4.79 Å². The normalized spacial score (nSPS) is 12.3. The van der Waals surface area contributed by atoms with Gasteiger partial charge in [0.05, 0.1) is 12.1 Å². The third-order valence-electron chi connectivity index (χ3n) is 3.20. The Morgan fingerprint density at radius 3 is 2.67 bits per heavy atom. The molecule has 18 heavy (non-hydrogen) atoms. The first kappa shape index (κ1) is 13.0. The molecule has 0 saturated carbocycles. The fourth-order valence-electron chi connectivity index (χ4n) is 1.83. The van der Waals surface area contributed by atoms with Crippen molar-refractivity contribution in [2.45, 2.75) is 32.6 Å². The van der Waals surface area contributed by atoms with Crippen molar-refractivity contribution < 1.29 is 4.79 Å². The van der Waals surface area contributed by atoms with Crippen LogP contribution in [-0.2, 0) is 11.2 Å². The summed E-state index contributed by atoms with van der Waals surface area (Å²) in [6.45, 7) is 4.44. The number of benzene rings is 1. The van der Waals surface area contributed by atoms with E-state index in [1.54, 1.807) is 11.3 Å². The third-order valence-corrected chi connectivity index (χ3v) is 4.07. The summed E-state index contributed by atoms with van der Waals surface area (Å²) in [5.74, 6) is 0.597. The number of aldehydes is 1. The van der Waals surface area contributed by atoms with Crippen molar-refractivity contribution in [3.8, 4) is 11.3 Å². The van der Waals surface area contributed by atoms with Crippen molar-refractivity contribution in [3.05, 3.63) is 40.2 Å². The van der Waals surface area contributed by atoms with Gasteiger partial charge >= 0.3 is 0 Å². The Labute approximate surface area is 112 Å². The monoisotopic (exact) mass is 259 g/mol. The lowest BCUT2D eigenvalue weighted by Gasteiger charge is -2.08. The number of hydrogen-bond acceptors (Lipinski definition) is 3. The Morgan fingerprint density at radius 2 is 2.06 bits per heavy atom. The second-order valence-corrected chi connectivity index (χ2v) is 5.37. The lowest BCUT2D eigenvalue weighted by atomic mass is 9.97. The topological polar surface area (TPSA) is 30.0 Å². The van der Waals surface area contributed by atoms with Crippen LogP contribution in [0.15, 0.2) is 29.6 Å². The number of aromatic nitrogens is 1. The summed E-state index contributed by atoms with van der Waals surface area (Å²) >= 11 is 1.54. The Morgan fingerprint density at radius 1 is 1.33 bits per heavy atom. The summed E-state index contributed by atoms with van der Waals surface area (Å²) in [7, 11) is 0. The van der Waals surface area contributed by atoms with Gasteiger partial charge in [-0.1, -0.05) is 38.1 Å². The van der Waals surface area contributed by atoms with Gasteiger partial charge in [-0.15, -0.1) is 11.3 Å². The molecule has 2 nitrogen and oxygen atoms in total. The minimum atomic E-state index is 0.412. The van der Waals surface area contributed by atoms with Crippen LogP contribution in [0, 0.1) is 0 Å². The molecule has 0 bridgehead atoms. The zero-order chi connectivity index (χ0) is 13.0. The smallest absolute Gasteiger partial charge is 0.126 e. The number of carbonyl (C=O) groups is 1. The van der Waals surface area contributed by atoms with Gasteiger partial charge < -0.3 is 4.79 Å². The molecule has 0 saturated heterocycles. The zero-order valence-corrected chi connectivity index (χ0v) is 11.5. The van der Waals surface area contributed by atoms with Crippen LogP contribution >= 0.6 is 11.3 Å². The fraction of sp³-hybridized carbons (Fsp3) is 0.333. The highest BCUT2D eigenvalue weighted by Crippen LogP contribution is 2.25. The Kier molecular flexibility index (Phi) is 4.26. The summed E-state index contributed by atoms with van der Waals surface area (Å²) in [5.41, 5.74) is 3.45. The van der Waals surface area contributed by atoms with E-state index in [0.717, 1.165) is 29.0 Å². The van der Waals surface area contributed by atoms with E-state index in [1.807, 2.05) is 5.38 Å². The van der Waals surface area contributed by atoms with E-state index >= 15 is 0 Å². The maximum atomic E-state index is 10.4. The van der Waals surface area contributed by atoms with Crippen molar-refractivity contribution in [2.24, 2.45) is 0 Å². The Balaban J connectivity index is 2.20. The molecule has 3 heteroatoms. The van der Waals surface area contributed by atoms with Crippen LogP contribution in [-0.4, -0.2) is 11.3 Å². The Hall–Kier alpha value is -1.48. The summed E-state index contributed by atoms with van der Waals surface area (Å²) < 4.78 is 0. The highest BCUT2D eigenvalue weighted by atomic mass is 32.1. The molecule has 2 rings (SSSR count). The van der Waals surface area contributed by atoms with Gasteiger partial charge in [-0.05, 0) is 17.9 Å². The van der Waals surface area contributed by atoms with E-state index in [-0.39, 0.29) is 0 Å². The van der Waals surface area contributed by atoms with E-state index in [1.165, 1.54) is 5.56 Å². The molecule has 1 aromatic carbocycles. The van der Waals surface area contributed by atoms with Crippen LogP contribution < -0.4 is 0 Å². The molecule has 1 aromatic heterocycles. The van der Waals surface area contributed by atoms with Gasteiger partial charge in [0.2, 0.25) is 0 Å². The van der Waals surface area contributed by atoms with Crippen LogP contribution in [0.2, 0.25) is 0 Å².